The molecule has 0 radical (unpaired) electrons. The molecule has 0 heterocycles. The molecule has 112 valence electrons. The van der Waals surface area contributed by atoms with E-state index in [1.165, 1.54) is 32.1 Å². The Labute approximate surface area is 114 Å². The number of halogens is 2. The number of hydrogen-bond donors (Lipinski definition) is 0. The lowest BCUT2D eigenvalue weighted by atomic mass is 9.79. The molecular formula is C15H26F2O2. The Morgan fingerprint density at radius 2 is 1.74 bits per heavy atom. The van der Waals surface area contributed by atoms with Crippen LogP contribution in [0.4, 0.5) is 8.78 Å². The number of alkyl halides is 2. The summed E-state index contributed by atoms with van der Waals surface area (Å²) in [7, 11) is 0. The summed E-state index contributed by atoms with van der Waals surface area (Å²) in [5.74, 6) is -3.66. The molecule has 1 aliphatic carbocycles. The van der Waals surface area contributed by atoms with E-state index in [1.807, 2.05) is 0 Å². The maximum absolute atomic E-state index is 12.7. The minimum atomic E-state index is -3.21. The molecule has 2 nitrogen and oxygen atoms in total. The molecule has 0 amide bonds. The molecule has 0 bridgehead atoms. The summed E-state index contributed by atoms with van der Waals surface area (Å²) in [6.07, 6.45) is 6.42. The van der Waals surface area contributed by atoms with E-state index in [4.69, 9.17) is 4.74 Å². The normalized spacial score (nSPS) is 18.6. The van der Waals surface area contributed by atoms with Gasteiger partial charge in [0.05, 0.1) is 5.60 Å². The molecule has 1 aliphatic rings. The minimum Gasteiger partial charge on any atom is -0.375 e. The molecule has 0 spiro atoms. The lowest BCUT2D eigenvalue weighted by Crippen LogP contribution is -2.36. The summed E-state index contributed by atoms with van der Waals surface area (Å²) in [6, 6.07) is 0. The molecule has 0 saturated heterocycles. The van der Waals surface area contributed by atoms with Crippen molar-refractivity contribution in [1.82, 2.24) is 0 Å². The van der Waals surface area contributed by atoms with Gasteiger partial charge in [0.15, 0.2) is 0 Å². The highest BCUT2D eigenvalue weighted by atomic mass is 19.3. The van der Waals surface area contributed by atoms with E-state index in [9.17, 15) is 13.6 Å². The van der Waals surface area contributed by atoms with E-state index in [-0.39, 0.29) is 12.0 Å². The highest BCUT2D eigenvalue weighted by Gasteiger charge is 2.33. The van der Waals surface area contributed by atoms with Gasteiger partial charge in [-0.05, 0) is 39.0 Å². The van der Waals surface area contributed by atoms with E-state index in [0.717, 1.165) is 0 Å². The van der Waals surface area contributed by atoms with Crippen molar-refractivity contribution in [2.24, 2.45) is 5.92 Å². The summed E-state index contributed by atoms with van der Waals surface area (Å²) >= 11 is 0. The second-order valence-corrected chi connectivity index (χ2v) is 6.20. The number of carbonyl (C=O) groups is 1. The molecule has 1 rings (SSSR count). The summed E-state index contributed by atoms with van der Waals surface area (Å²) in [6.45, 7) is 5.17. The van der Waals surface area contributed by atoms with Gasteiger partial charge in [-0.2, -0.15) is 8.78 Å². The van der Waals surface area contributed by atoms with Gasteiger partial charge in [-0.25, -0.2) is 0 Å². The Kier molecular flexibility index (Phi) is 5.90. The van der Waals surface area contributed by atoms with Crippen LogP contribution in [-0.2, 0) is 9.53 Å². The number of Topliss-reactive ketones (excluding diaryl/α,β-unsaturated/α-hetero) is 1. The third-order valence-corrected chi connectivity index (χ3v) is 4.10. The van der Waals surface area contributed by atoms with Crippen LogP contribution in [0.2, 0.25) is 0 Å². The number of ether oxygens (including phenoxy) is 1. The molecule has 0 unspecified atom stereocenters. The van der Waals surface area contributed by atoms with Crippen LogP contribution < -0.4 is 0 Å². The SMILES string of the molecule is CC(F)(F)C(=O)CCCOC(C)(C)C1CCCCC1. The van der Waals surface area contributed by atoms with Crippen LogP contribution in [0.5, 0.6) is 0 Å². The van der Waals surface area contributed by atoms with Crippen LogP contribution in [0, 0.1) is 5.92 Å². The van der Waals surface area contributed by atoms with Crippen LogP contribution in [0.3, 0.4) is 0 Å². The number of rotatable bonds is 7. The zero-order valence-corrected chi connectivity index (χ0v) is 12.3. The lowest BCUT2D eigenvalue weighted by molar-refractivity contribution is -0.141. The number of hydrogen-bond acceptors (Lipinski definition) is 2. The first-order valence-corrected chi connectivity index (χ1v) is 7.28. The highest BCUT2D eigenvalue weighted by Crippen LogP contribution is 2.34. The minimum absolute atomic E-state index is 0.107. The third kappa shape index (κ3) is 5.55. The first-order chi connectivity index (χ1) is 8.73. The average Bonchev–Trinajstić information content (AvgIpc) is 2.34. The van der Waals surface area contributed by atoms with Crippen molar-refractivity contribution in [2.75, 3.05) is 6.61 Å². The van der Waals surface area contributed by atoms with E-state index in [1.54, 1.807) is 0 Å². The molecule has 0 atom stereocenters. The summed E-state index contributed by atoms with van der Waals surface area (Å²) in [5.41, 5.74) is -0.210. The third-order valence-electron chi connectivity index (χ3n) is 4.10. The van der Waals surface area contributed by atoms with Gasteiger partial charge in [-0.3, -0.25) is 4.79 Å². The highest BCUT2D eigenvalue weighted by molar-refractivity contribution is 5.85. The van der Waals surface area contributed by atoms with E-state index >= 15 is 0 Å². The second kappa shape index (κ2) is 6.78. The first-order valence-electron chi connectivity index (χ1n) is 7.28. The first kappa shape index (κ1) is 16.5. The summed E-state index contributed by atoms with van der Waals surface area (Å²) in [4.78, 5) is 11.1. The topological polar surface area (TPSA) is 26.3 Å². The molecule has 0 aromatic carbocycles. The molecule has 19 heavy (non-hydrogen) atoms. The Balaban J connectivity index is 2.26. The molecule has 1 saturated carbocycles. The van der Waals surface area contributed by atoms with Crippen molar-refractivity contribution in [1.29, 1.82) is 0 Å². The predicted octanol–water partition coefficient (Wildman–Crippen LogP) is 4.37. The fraction of sp³-hybridized carbons (Fsp3) is 0.933. The van der Waals surface area contributed by atoms with E-state index in [2.05, 4.69) is 13.8 Å². The number of ketones is 1. The Bertz CT molecular complexity index is 289. The second-order valence-electron chi connectivity index (χ2n) is 6.20. The lowest BCUT2D eigenvalue weighted by Gasteiger charge is -2.37. The van der Waals surface area contributed by atoms with Crippen molar-refractivity contribution in [3.63, 3.8) is 0 Å². The van der Waals surface area contributed by atoms with Gasteiger partial charge in [-0.1, -0.05) is 19.3 Å². The monoisotopic (exact) mass is 276 g/mol. The molecule has 1 fully saturated rings. The Morgan fingerprint density at radius 3 is 2.26 bits per heavy atom. The van der Waals surface area contributed by atoms with Crippen molar-refractivity contribution < 1.29 is 18.3 Å². The largest absolute Gasteiger partial charge is 0.375 e. The predicted molar refractivity (Wildman–Crippen MR) is 71.5 cm³/mol. The molecule has 0 aromatic rings. The standard InChI is InChI=1S/C15H26F2O2/c1-14(2,12-8-5-4-6-9-12)19-11-7-10-13(18)15(3,16)17/h12H,4-11H2,1-3H3. The van der Waals surface area contributed by atoms with Crippen LogP contribution in [0.25, 0.3) is 0 Å². The van der Waals surface area contributed by atoms with Crippen LogP contribution in [0.1, 0.15) is 65.7 Å². The summed E-state index contributed by atoms with van der Waals surface area (Å²) < 4.78 is 31.2. The maximum atomic E-state index is 12.7. The summed E-state index contributed by atoms with van der Waals surface area (Å²) in [5, 5.41) is 0. The zero-order chi connectivity index (χ0) is 14.5. The molecule has 4 heteroatoms. The number of carbonyl (C=O) groups excluding carboxylic acids is 1. The van der Waals surface area contributed by atoms with Crippen molar-refractivity contribution in [3.8, 4) is 0 Å². The van der Waals surface area contributed by atoms with E-state index < -0.39 is 11.7 Å². The fourth-order valence-corrected chi connectivity index (χ4v) is 2.70. The zero-order valence-electron chi connectivity index (χ0n) is 12.3. The Morgan fingerprint density at radius 1 is 1.16 bits per heavy atom. The van der Waals surface area contributed by atoms with Gasteiger partial charge < -0.3 is 4.74 Å². The van der Waals surface area contributed by atoms with Gasteiger partial charge in [0.25, 0.3) is 0 Å². The quantitative estimate of drug-likeness (QED) is 0.645. The Hall–Kier alpha value is -0.510. The fourth-order valence-electron chi connectivity index (χ4n) is 2.70. The van der Waals surface area contributed by atoms with Crippen molar-refractivity contribution in [2.45, 2.75) is 77.2 Å². The molecule has 0 aliphatic heterocycles. The van der Waals surface area contributed by atoms with Gasteiger partial charge >= 0.3 is 5.92 Å². The van der Waals surface area contributed by atoms with Crippen molar-refractivity contribution in [3.05, 3.63) is 0 Å². The molecular weight excluding hydrogens is 250 g/mol. The average molecular weight is 276 g/mol. The maximum Gasteiger partial charge on any atom is 0.302 e. The van der Waals surface area contributed by atoms with Gasteiger partial charge in [0.1, 0.15) is 0 Å². The van der Waals surface area contributed by atoms with Gasteiger partial charge in [0, 0.05) is 20.0 Å². The van der Waals surface area contributed by atoms with E-state index in [0.29, 0.717) is 25.9 Å². The van der Waals surface area contributed by atoms with Crippen molar-refractivity contribution >= 4 is 5.78 Å². The van der Waals surface area contributed by atoms with Crippen LogP contribution in [-0.4, -0.2) is 23.9 Å². The molecule has 0 aromatic heterocycles. The van der Waals surface area contributed by atoms with Crippen LogP contribution >= 0.6 is 0 Å². The smallest absolute Gasteiger partial charge is 0.302 e. The van der Waals surface area contributed by atoms with Crippen LogP contribution in [0.15, 0.2) is 0 Å². The van der Waals surface area contributed by atoms with Gasteiger partial charge in [0.2, 0.25) is 5.78 Å². The van der Waals surface area contributed by atoms with Gasteiger partial charge in [-0.15, -0.1) is 0 Å². The molecule has 0 N–H and O–H groups in total.